The van der Waals surface area contributed by atoms with Crippen molar-refractivity contribution in [3.05, 3.63) is 16.1 Å². The molecule has 1 aliphatic rings. The monoisotopic (exact) mass is 296 g/mol. The summed E-state index contributed by atoms with van der Waals surface area (Å²) in [5.74, 6) is 0.0188. The highest BCUT2D eigenvalue weighted by atomic mass is 32.1. The summed E-state index contributed by atoms with van der Waals surface area (Å²) in [6, 6.07) is 0.263. The second kappa shape index (κ2) is 6.65. The topological polar surface area (TPSA) is 62.5 Å². The maximum Gasteiger partial charge on any atom is 0.273 e. The van der Waals surface area contributed by atoms with Gasteiger partial charge in [0.1, 0.15) is 10.7 Å². The summed E-state index contributed by atoms with van der Waals surface area (Å²) in [5.41, 5.74) is 6.50. The standard InChI is InChI=1S/C14H24N4OS/c1-4-11(15)13-16-12(9-20-13)14(19)18(3)10-5-7-17(2)8-6-10/h9-11H,4-8,15H2,1-3H3. The maximum absolute atomic E-state index is 12.5. The van der Waals surface area contributed by atoms with Gasteiger partial charge in [-0.1, -0.05) is 6.92 Å². The van der Waals surface area contributed by atoms with Crippen LogP contribution in [0.15, 0.2) is 5.38 Å². The molecule has 2 N–H and O–H groups in total. The van der Waals surface area contributed by atoms with Crippen molar-refractivity contribution in [2.75, 3.05) is 27.2 Å². The van der Waals surface area contributed by atoms with Crippen molar-refractivity contribution >= 4 is 17.2 Å². The van der Waals surface area contributed by atoms with Gasteiger partial charge in [0.25, 0.3) is 5.91 Å². The van der Waals surface area contributed by atoms with Gasteiger partial charge in [-0.3, -0.25) is 4.79 Å². The average Bonchev–Trinajstić information content (AvgIpc) is 2.95. The molecule has 0 bridgehead atoms. The SMILES string of the molecule is CCC(N)c1nc(C(=O)N(C)C2CCN(C)CC2)cs1. The van der Waals surface area contributed by atoms with Gasteiger partial charge in [0.15, 0.2) is 0 Å². The first-order valence-corrected chi connectivity index (χ1v) is 8.07. The lowest BCUT2D eigenvalue weighted by atomic mass is 10.0. The lowest BCUT2D eigenvalue weighted by molar-refractivity contribution is 0.0654. The lowest BCUT2D eigenvalue weighted by Gasteiger charge is -2.34. The van der Waals surface area contributed by atoms with E-state index in [-0.39, 0.29) is 11.9 Å². The van der Waals surface area contributed by atoms with Crippen LogP contribution in [-0.4, -0.2) is 53.9 Å². The maximum atomic E-state index is 12.5. The Morgan fingerprint density at radius 2 is 2.25 bits per heavy atom. The largest absolute Gasteiger partial charge is 0.337 e. The molecule has 1 saturated heterocycles. The van der Waals surface area contributed by atoms with Gasteiger partial charge < -0.3 is 15.5 Å². The molecule has 0 saturated carbocycles. The number of nitrogens with two attached hydrogens (primary N) is 1. The minimum absolute atomic E-state index is 0.0188. The summed E-state index contributed by atoms with van der Waals surface area (Å²) in [6.45, 7) is 4.12. The van der Waals surface area contributed by atoms with Crippen LogP contribution in [0.2, 0.25) is 0 Å². The van der Waals surface area contributed by atoms with Crippen molar-refractivity contribution in [1.29, 1.82) is 0 Å². The van der Waals surface area contributed by atoms with Gasteiger partial charge in [0.2, 0.25) is 0 Å². The van der Waals surface area contributed by atoms with Crippen LogP contribution in [0.5, 0.6) is 0 Å². The molecule has 1 unspecified atom stereocenters. The van der Waals surface area contributed by atoms with Gasteiger partial charge >= 0.3 is 0 Å². The fourth-order valence-electron chi connectivity index (χ4n) is 2.46. The van der Waals surface area contributed by atoms with Gasteiger partial charge in [0.05, 0.1) is 6.04 Å². The number of hydrogen-bond donors (Lipinski definition) is 1. The predicted molar refractivity (Wildman–Crippen MR) is 81.9 cm³/mol. The Morgan fingerprint density at radius 3 is 2.85 bits per heavy atom. The minimum Gasteiger partial charge on any atom is -0.337 e. The number of amides is 1. The number of likely N-dealkylation sites (tertiary alicyclic amines) is 1. The van der Waals surface area contributed by atoms with Crippen LogP contribution in [0.1, 0.15) is 47.7 Å². The van der Waals surface area contributed by atoms with Crippen LogP contribution in [0.3, 0.4) is 0 Å². The number of carbonyl (C=O) groups excluding carboxylic acids is 1. The van der Waals surface area contributed by atoms with Crippen molar-refractivity contribution < 1.29 is 4.79 Å². The van der Waals surface area contributed by atoms with Crippen LogP contribution in [0.25, 0.3) is 0 Å². The molecule has 20 heavy (non-hydrogen) atoms. The summed E-state index contributed by atoms with van der Waals surface area (Å²) >= 11 is 1.48. The number of nitrogens with zero attached hydrogens (tertiary/aromatic N) is 3. The number of carbonyl (C=O) groups is 1. The zero-order valence-corrected chi connectivity index (χ0v) is 13.3. The van der Waals surface area contributed by atoms with Crippen LogP contribution < -0.4 is 5.73 Å². The van der Waals surface area contributed by atoms with E-state index in [0.29, 0.717) is 11.7 Å². The molecule has 0 radical (unpaired) electrons. The third-order valence-electron chi connectivity index (χ3n) is 4.05. The van der Waals surface area contributed by atoms with Crippen LogP contribution in [0.4, 0.5) is 0 Å². The fourth-order valence-corrected chi connectivity index (χ4v) is 3.34. The third kappa shape index (κ3) is 3.37. The molecular weight excluding hydrogens is 272 g/mol. The summed E-state index contributed by atoms with van der Waals surface area (Å²) in [5, 5.41) is 2.69. The molecule has 2 rings (SSSR count). The minimum atomic E-state index is -0.0600. The van der Waals surface area contributed by atoms with E-state index < -0.39 is 0 Å². The molecule has 0 aromatic carbocycles. The zero-order chi connectivity index (χ0) is 14.7. The third-order valence-corrected chi connectivity index (χ3v) is 5.03. The van der Waals surface area contributed by atoms with Crippen LogP contribution >= 0.6 is 11.3 Å². The zero-order valence-electron chi connectivity index (χ0n) is 12.5. The van der Waals surface area contributed by atoms with E-state index in [1.54, 1.807) is 0 Å². The summed E-state index contributed by atoms with van der Waals surface area (Å²) in [6.07, 6.45) is 2.90. The van der Waals surface area contributed by atoms with Gasteiger partial charge in [-0.05, 0) is 39.4 Å². The van der Waals surface area contributed by atoms with Gasteiger partial charge in [-0.2, -0.15) is 0 Å². The van der Waals surface area contributed by atoms with Gasteiger partial charge in [0, 0.05) is 18.5 Å². The van der Waals surface area contributed by atoms with Gasteiger partial charge in [-0.15, -0.1) is 11.3 Å². The van der Waals surface area contributed by atoms with Crippen LogP contribution in [-0.2, 0) is 0 Å². The highest BCUT2D eigenvalue weighted by Crippen LogP contribution is 2.21. The highest BCUT2D eigenvalue weighted by molar-refractivity contribution is 7.09. The Morgan fingerprint density at radius 1 is 1.60 bits per heavy atom. The van der Waals surface area contributed by atoms with Crippen molar-refractivity contribution in [2.45, 2.75) is 38.3 Å². The predicted octanol–water partition coefficient (Wildman–Crippen LogP) is 1.72. The molecular formula is C14H24N4OS. The van der Waals surface area contributed by atoms with Crippen molar-refractivity contribution in [3.8, 4) is 0 Å². The van der Waals surface area contributed by atoms with Gasteiger partial charge in [-0.25, -0.2) is 4.98 Å². The number of aromatic nitrogens is 1. The summed E-state index contributed by atoms with van der Waals surface area (Å²) in [7, 11) is 4.01. The average molecular weight is 296 g/mol. The molecule has 1 fully saturated rings. The highest BCUT2D eigenvalue weighted by Gasteiger charge is 2.26. The Kier molecular flexibility index (Phi) is 5.12. The number of hydrogen-bond acceptors (Lipinski definition) is 5. The second-order valence-electron chi connectivity index (χ2n) is 5.54. The Labute approximate surface area is 124 Å². The van der Waals surface area contributed by atoms with E-state index in [9.17, 15) is 4.79 Å². The molecule has 6 heteroatoms. The first kappa shape index (κ1) is 15.4. The molecule has 2 heterocycles. The molecule has 0 aliphatic carbocycles. The molecule has 0 spiro atoms. The molecule has 1 aliphatic heterocycles. The number of piperidine rings is 1. The number of thiazole rings is 1. The molecule has 1 aromatic rings. The summed E-state index contributed by atoms with van der Waals surface area (Å²) < 4.78 is 0. The van der Waals surface area contributed by atoms with E-state index in [0.717, 1.165) is 37.4 Å². The molecule has 112 valence electrons. The quantitative estimate of drug-likeness (QED) is 0.919. The first-order chi connectivity index (χ1) is 9.52. The van der Waals surface area contributed by atoms with Crippen LogP contribution in [0, 0.1) is 0 Å². The van der Waals surface area contributed by atoms with E-state index in [1.165, 1.54) is 11.3 Å². The Bertz CT molecular complexity index is 454. The van der Waals surface area contributed by atoms with E-state index in [1.807, 2.05) is 24.3 Å². The smallest absolute Gasteiger partial charge is 0.273 e. The first-order valence-electron chi connectivity index (χ1n) is 7.19. The normalized spacial score (nSPS) is 19.0. The Balaban J connectivity index is 2.01. The number of rotatable bonds is 4. The Hall–Kier alpha value is -0.980. The van der Waals surface area contributed by atoms with E-state index in [2.05, 4.69) is 16.9 Å². The van der Waals surface area contributed by atoms with Crippen molar-refractivity contribution in [3.63, 3.8) is 0 Å². The molecule has 5 nitrogen and oxygen atoms in total. The van der Waals surface area contributed by atoms with Crippen molar-refractivity contribution in [1.82, 2.24) is 14.8 Å². The second-order valence-corrected chi connectivity index (χ2v) is 6.43. The summed E-state index contributed by atoms with van der Waals surface area (Å²) in [4.78, 5) is 21.0. The molecule has 1 aromatic heterocycles. The molecule has 1 amide bonds. The molecule has 1 atom stereocenters. The lowest BCUT2D eigenvalue weighted by Crippen LogP contribution is -2.44. The van der Waals surface area contributed by atoms with E-state index >= 15 is 0 Å². The fraction of sp³-hybridized carbons (Fsp3) is 0.714. The van der Waals surface area contributed by atoms with E-state index in [4.69, 9.17) is 5.73 Å². The van der Waals surface area contributed by atoms with Crippen molar-refractivity contribution in [2.24, 2.45) is 5.73 Å².